The first-order valence-corrected chi connectivity index (χ1v) is 9.21. The van der Waals surface area contributed by atoms with Crippen molar-refractivity contribution < 1.29 is 13.9 Å². The van der Waals surface area contributed by atoms with Crippen LogP contribution in [0, 0.1) is 12.7 Å². The molecule has 0 N–H and O–H groups in total. The average molecular weight is 357 g/mol. The van der Waals surface area contributed by atoms with E-state index in [1.165, 1.54) is 12.1 Å². The molecule has 0 saturated carbocycles. The molecule has 1 spiro atoms. The second kappa shape index (κ2) is 6.59. The first-order valence-electron chi connectivity index (χ1n) is 9.21. The summed E-state index contributed by atoms with van der Waals surface area (Å²) < 4.78 is 19.3. The van der Waals surface area contributed by atoms with E-state index in [0.717, 1.165) is 31.8 Å². The Balaban J connectivity index is 1.69. The maximum absolute atomic E-state index is 13.6. The molecule has 2 fully saturated rings. The molecule has 26 heavy (non-hydrogen) atoms. The van der Waals surface area contributed by atoms with E-state index in [1.54, 1.807) is 6.07 Å². The molecule has 4 rings (SSSR count). The Morgan fingerprint density at radius 2 is 2.19 bits per heavy atom. The second-order valence-electron chi connectivity index (χ2n) is 7.31. The van der Waals surface area contributed by atoms with Gasteiger partial charge in [0.2, 0.25) is 0 Å². The van der Waals surface area contributed by atoms with Crippen molar-refractivity contribution in [1.82, 2.24) is 14.8 Å². The molecule has 1 atom stereocenters. The number of hydrogen-bond donors (Lipinski definition) is 0. The molecule has 6 heteroatoms. The number of hydrogen-bond acceptors (Lipinski definition) is 4. The summed E-state index contributed by atoms with van der Waals surface area (Å²) in [5.74, 6) is -0.346. The number of carbonyl (C=O) groups is 1. The third kappa shape index (κ3) is 2.87. The van der Waals surface area contributed by atoms with Gasteiger partial charge in [-0.1, -0.05) is 6.92 Å². The molecule has 2 aliphatic heterocycles. The number of aromatic nitrogens is 1. The Morgan fingerprint density at radius 3 is 2.92 bits per heavy atom. The summed E-state index contributed by atoms with van der Waals surface area (Å²) >= 11 is 0. The van der Waals surface area contributed by atoms with Gasteiger partial charge in [0.05, 0.1) is 23.2 Å². The van der Waals surface area contributed by atoms with Crippen molar-refractivity contribution in [2.24, 2.45) is 0 Å². The van der Waals surface area contributed by atoms with Gasteiger partial charge in [0, 0.05) is 43.4 Å². The summed E-state index contributed by atoms with van der Waals surface area (Å²) in [5.41, 5.74) is 1.77. The summed E-state index contributed by atoms with van der Waals surface area (Å²) in [7, 11) is 0. The Hall–Kier alpha value is -2.05. The number of ether oxygens (including phenoxy) is 1. The van der Waals surface area contributed by atoms with Crippen molar-refractivity contribution in [3.05, 3.63) is 41.3 Å². The van der Waals surface area contributed by atoms with Crippen LogP contribution in [0.25, 0.3) is 10.9 Å². The molecule has 1 unspecified atom stereocenters. The number of piperazine rings is 1. The van der Waals surface area contributed by atoms with Crippen molar-refractivity contribution in [3.63, 3.8) is 0 Å². The molecule has 138 valence electrons. The highest BCUT2D eigenvalue weighted by Crippen LogP contribution is 2.31. The summed E-state index contributed by atoms with van der Waals surface area (Å²) in [5, 5.41) is 0.705. The van der Waals surface area contributed by atoms with Crippen LogP contribution < -0.4 is 0 Å². The first kappa shape index (κ1) is 17.4. The van der Waals surface area contributed by atoms with Gasteiger partial charge >= 0.3 is 0 Å². The van der Waals surface area contributed by atoms with Gasteiger partial charge in [0.15, 0.2) is 0 Å². The van der Waals surface area contributed by atoms with Gasteiger partial charge < -0.3 is 9.64 Å². The molecule has 0 radical (unpaired) electrons. The Labute approximate surface area is 152 Å². The van der Waals surface area contributed by atoms with E-state index in [9.17, 15) is 9.18 Å². The standard InChI is InChI=1S/C20H24FN3O2/c1-3-24-8-7-23(12-20(24)6-9-26-13-20)19(25)17-10-14(2)22-18-11-15(21)4-5-16(17)18/h4-5,10-11H,3,6-9,12-13H2,1-2H3. The Kier molecular flexibility index (Phi) is 4.40. The zero-order chi connectivity index (χ0) is 18.3. The molecular formula is C20H24FN3O2. The molecule has 2 aliphatic rings. The highest BCUT2D eigenvalue weighted by Gasteiger charge is 2.45. The summed E-state index contributed by atoms with van der Waals surface area (Å²) in [6.45, 7) is 8.59. The predicted molar refractivity (Wildman–Crippen MR) is 97.8 cm³/mol. The molecule has 1 aromatic heterocycles. The minimum atomic E-state index is -0.340. The topological polar surface area (TPSA) is 45.7 Å². The Bertz CT molecular complexity index is 843. The molecular weight excluding hydrogens is 333 g/mol. The average Bonchev–Trinajstić information content (AvgIpc) is 3.08. The number of halogens is 1. The third-order valence-electron chi connectivity index (χ3n) is 5.68. The van der Waals surface area contributed by atoms with Crippen molar-refractivity contribution in [2.45, 2.75) is 25.8 Å². The summed E-state index contributed by atoms with van der Waals surface area (Å²) in [6, 6.07) is 6.24. The maximum Gasteiger partial charge on any atom is 0.254 e. The quantitative estimate of drug-likeness (QED) is 0.829. The number of aryl methyl sites for hydroxylation is 1. The van der Waals surface area contributed by atoms with Crippen molar-refractivity contribution in [3.8, 4) is 0 Å². The molecule has 2 aromatic rings. The largest absolute Gasteiger partial charge is 0.379 e. The zero-order valence-corrected chi connectivity index (χ0v) is 15.3. The van der Waals surface area contributed by atoms with Crippen LogP contribution in [-0.2, 0) is 4.74 Å². The van der Waals surface area contributed by atoms with Crippen molar-refractivity contribution >= 4 is 16.8 Å². The highest BCUT2D eigenvalue weighted by atomic mass is 19.1. The van der Waals surface area contributed by atoms with E-state index in [4.69, 9.17) is 4.74 Å². The second-order valence-corrected chi connectivity index (χ2v) is 7.31. The monoisotopic (exact) mass is 357 g/mol. The molecule has 0 bridgehead atoms. The lowest BCUT2D eigenvalue weighted by molar-refractivity contribution is -0.00215. The predicted octanol–water partition coefficient (Wildman–Crippen LogP) is 2.62. The normalized spacial score (nSPS) is 23.9. The third-order valence-corrected chi connectivity index (χ3v) is 5.68. The lowest BCUT2D eigenvalue weighted by Gasteiger charge is -2.48. The number of nitrogens with zero attached hydrogens (tertiary/aromatic N) is 3. The lowest BCUT2D eigenvalue weighted by Crippen LogP contribution is -2.63. The van der Waals surface area contributed by atoms with Crippen molar-refractivity contribution in [2.75, 3.05) is 39.4 Å². The van der Waals surface area contributed by atoms with Crippen LogP contribution >= 0.6 is 0 Å². The Morgan fingerprint density at radius 1 is 1.35 bits per heavy atom. The molecule has 1 aromatic carbocycles. The number of fused-ring (bicyclic) bond motifs is 1. The van der Waals surface area contributed by atoms with E-state index in [-0.39, 0.29) is 17.3 Å². The van der Waals surface area contributed by atoms with Crippen LogP contribution in [0.15, 0.2) is 24.3 Å². The van der Waals surface area contributed by atoms with Gasteiger partial charge in [-0.15, -0.1) is 0 Å². The van der Waals surface area contributed by atoms with Crippen LogP contribution in [0.3, 0.4) is 0 Å². The van der Waals surface area contributed by atoms with Gasteiger partial charge in [0.1, 0.15) is 5.82 Å². The molecule has 1 amide bonds. The lowest BCUT2D eigenvalue weighted by atomic mass is 9.92. The SMILES string of the molecule is CCN1CCN(C(=O)c2cc(C)nc3cc(F)ccc23)CC12CCOC2. The molecule has 2 saturated heterocycles. The van der Waals surface area contributed by atoms with Crippen LogP contribution in [0.1, 0.15) is 29.4 Å². The van der Waals surface area contributed by atoms with Crippen LogP contribution in [0.2, 0.25) is 0 Å². The highest BCUT2D eigenvalue weighted by molar-refractivity contribution is 6.06. The molecule has 3 heterocycles. The number of carbonyl (C=O) groups excluding carboxylic acids is 1. The van der Waals surface area contributed by atoms with Gasteiger partial charge in [-0.25, -0.2) is 4.39 Å². The fraction of sp³-hybridized carbons (Fsp3) is 0.500. The molecule has 0 aliphatic carbocycles. The van der Waals surface area contributed by atoms with Gasteiger partial charge in [-0.2, -0.15) is 0 Å². The van der Waals surface area contributed by atoms with Crippen LogP contribution in [-0.4, -0.2) is 65.6 Å². The van der Waals surface area contributed by atoms with Gasteiger partial charge in [0.25, 0.3) is 5.91 Å². The smallest absolute Gasteiger partial charge is 0.254 e. The maximum atomic E-state index is 13.6. The van der Waals surface area contributed by atoms with Gasteiger partial charge in [-0.05, 0) is 38.1 Å². The summed E-state index contributed by atoms with van der Waals surface area (Å²) in [4.78, 5) is 22.1. The van der Waals surface area contributed by atoms with Crippen LogP contribution in [0.5, 0.6) is 0 Å². The van der Waals surface area contributed by atoms with E-state index in [0.29, 0.717) is 36.2 Å². The van der Waals surface area contributed by atoms with E-state index < -0.39 is 0 Å². The minimum Gasteiger partial charge on any atom is -0.379 e. The number of amides is 1. The first-order chi connectivity index (χ1) is 12.5. The van der Waals surface area contributed by atoms with Crippen molar-refractivity contribution in [1.29, 1.82) is 0 Å². The summed E-state index contributed by atoms with van der Waals surface area (Å²) in [6.07, 6.45) is 0.950. The van der Waals surface area contributed by atoms with Crippen LogP contribution in [0.4, 0.5) is 4.39 Å². The minimum absolute atomic E-state index is 0.00543. The number of likely N-dealkylation sites (N-methyl/N-ethyl adjacent to an activating group) is 1. The fourth-order valence-corrected chi connectivity index (χ4v) is 4.33. The van der Waals surface area contributed by atoms with E-state index in [1.807, 2.05) is 17.9 Å². The van der Waals surface area contributed by atoms with E-state index in [2.05, 4.69) is 16.8 Å². The van der Waals surface area contributed by atoms with E-state index >= 15 is 0 Å². The van der Waals surface area contributed by atoms with Gasteiger partial charge in [-0.3, -0.25) is 14.7 Å². The fourth-order valence-electron chi connectivity index (χ4n) is 4.33. The number of benzene rings is 1. The number of rotatable bonds is 2. The zero-order valence-electron chi connectivity index (χ0n) is 15.3. The molecule has 5 nitrogen and oxygen atoms in total. The number of pyridine rings is 1.